The van der Waals surface area contributed by atoms with Crippen molar-refractivity contribution in [2.45, 2.75) is 78.7 Å². The minimum Gasteiger partial charge on any atom is -0.481 e. The normalized spacial score (nSPS) is 47.2. The molecule has 12 heteroatoms. The summed E-state index contributed by atoms with van der Waals surface area (Å²) in [6, 6.07) is 0. The van der Waals surface area contributed by atoms with Gasteiger partial charge >= 0.3 is 35.8 Å². The summed E-state index contributed by atoms with van der Waals surface area (Å²) < 4.78 is 16.7. The largest absolute Gasteiger partial charge is 0.481 e. The van der Waals surface area contributed by atoms with Crippen molar-refractivity contribution in [3.05, 3.63) is 0 Å². The summed E-state index contributed by atoms with van der Waals surface area (Å²) in [6.07, 6.45) is 3.60. The number of cyclic esters (lactones) is 2. The SMILES string of the molecule is CC1C(=O)OC(=O)C1C1C2CC(C(C(=O)O)C2C(=O)O)C1C1C2CC(CC2C(=O)OCCCO)C1C1C(C)C2CC(C(=O)OC(C)(C)C)C1C2. The first-order valence-corrected chi connectivity index (χ1v) is 18.8. The number of carbonyl (C=O) groups excluding carboxylic acids is 4. The molecule has 0 aromatic rings. The third-order valence-corrected chi connectivity index (χ3v) is 14.7. The second-order valence-electron chi connectivity index (χ2n) is 17.9. The fourth-order valence-electron chi connectivity index (χ4n) is 13.5. The van der Waals surface area contributed by atoms with Crippen LogP contribution in [-0.4, -0.2) is 70.0 Å². The number of carboxylic acids is 2. The van der Waals surface area contributed by atoms with Crippen molar-refractivity contribution in [3.8, 4) is 0 Å². The average molecular weight is 701 g/mol. The molecular formula is C38H52O12. The Bertz CT molecular complexity index is 1450. The van der Waals surface area contributed by atoms with E-state index in [1.807, 2.05) is 20.8 Å². The highest BCUT2D eigenvalue weighted by Gasteiger charge is 2.73. The smallest absolute Gasteiger partial charge is 0.317 e. The molecule has 0 spiro atoms. The summed E-state index contributed by atoms with van der Waals surface area (Å²) in [6.45, 7) is 9.45. The third-order valence-electron chi connectivity index (χ3n) is 14.7. The molecule has 0 radical (unpaired) electrons. The van der Waals surface area contributed by atoms with Gasteiger partial charge in [-0.3, -0.25) is 28.8 Å². The number of rotatable bonds is 10. The number of fused-ring (bicyclic) bond motifs is 6. The fraction of sp³-hybridized carbons (Fsp3) is 0.842. The Morgan fingerprint density at radius 2 is 1.28 bits per heavy atom. The van der Waals surface area contributed by atoms with Gasteiger partial charge in [-0.2, -0.15) is 0 Å². The van der Waals surface area contributed by atoms with Gasteiger partial charge in [0.2, 0.25) is 0 Å². The molecule has 1 heterocycles. The highest BCUT2D eigenvalue weighted by Crippen LogP contribution is 2.73. The maximum Gasteiger partial charge on any atom is 0.317 e. The van der Waals surface area contributed by atoms with Gasteiger partial charge in [-0.15, -0.1) is 0 Å². The van der Waals surface area contributed by atoms with Crippen molar-refractivity contribution in [2.24, 2.45) is 107 Å². The highest BCUT2D eigenvalue weighted by atomic mass is 16.6. The van der Waals surface area contributed by atoms with Gasteiger partial charge < -0.3 is 29.5 Å². The molecule has 12 nitrogen and oxygen atoms in total. The van der Waals surface area contributed by atoms with Crippen LogP contribution < -0.4 is 0 Å². The maximum atomic E-state index is 13.7. The molecule has 0 aromatic carbocycles. The molecule has 1 aliphatic heterocycles. The summed E-state index contributed by atoms with van der Waals surface area (Å²) >= 11 is 0. The van der Waals surface area contributed by atoms with Crippen LogP contribution in [0.25, 0.3) is 0 Å². The Labute approximate surface area is 292 Å². The zero-order valence-corrected chi connectivity index (χ0v) is 29.6. The van der Waals surface area contributed by atoms with Crippen molar-refractivity contribution in [1.82, 2.24) is 0 Å². The number of carbonyl (C=O) groups is 6. The molecule has 1 saturated heterocycles. The Kier molecular flexibility index (Phi) is 8.91. The van der Waals surface area contributed by atoms with Gasteiger partial charge in [-0.25, -0.2) is 0 Å². The lowest BCUT2D eigenvalue weighted by Crippen LogP contribution is -2.53. The molecular weight excluding hydrogens is 648 g/mol. The van der Waals surface area contributed by atoms with Crippen molar-refractivity contribution < 1.29 is 58.3 Å². The molecule has 7 fully saturated rings. The highest BCUT2D eigenvalue weighted by molar-refractivity contribution is 5.96. The predicted octanol–water partition coefficient (Wildman–Crippen LogP) is 3.67. The summed E-state index contributed by atoms with van der Waals surface area (Å²) in [5.74, 6) is -10.8. The number of esters is 4. The van der Waals surface area contributed by atoms with E-state index < -0.39 is 82.7 Å². The number of aliphatic carboxylic acids is 2. The van der Waals surface area contributed by atoms with E-state index in [0.717, 1.165) is 19.3 Å². The van der Waals surface area contributed by atoms with E-state index in [1.165, 1.54) is 0 Å². The number of aliphatic hydroxyl groups is 1. The van der Waals surface area contributed by atoms with E-state index in [9.17, 15) is 44.1 Å². The van der Waals surface area contributed by atoms with Crippen LogP contribution >= 0.6 is 0 Å². The molecule has 50 heavy (non-hydrogen) atoms. The second-order valence-corrected chi connectivity index (χ2v) is 17.9. The fourth-order valence-corrected chi connectivity index (χ4v) is 13.5. The number of hydrogen-bond acceptors (Lipinski definition) is 10. The van der Waals surface area contributed by atoms with E-state index in [4.69, 9.17) is 14.2 Å². The van der Waals surface area contributed by atoms with E-state index in [0.29, 0.717) is 25.2 Å². The van der Waals surface area contributed by atoms with Crippen LogP contribution in [0.15, 0.2) is 0 Å². The van der Waals surface area contributed by atoms with Gasteiger partial charge in [0.1, 0.15) is 5.60 Å². The van der Waals surface area contributed by atoms with Crippen molar-refractivity contribution in [1.29, 1.82) is 0 Å². The number of carboxylic acid groups (broad SMARTS) is 2. The van der Waals surface area contributed by atoms with Gasteiger partial charge in [0, 0.05) is 13.0 Å². The van der Waals surface area contributed by atoms with Crippen LogP contribution in [0, 0.1) is 107 Å². The van der Waals surface area contributed by atoms with Gasteiger partial charge in [0.15, 0.2) is 0 Å². The van der Waals surface area contributed by atoms with Gasteiger partial charge in [-0.1, -0.05) is 13.8 Å². The number of ether oxygens (including phenoxy) is 3. The quantitative estimate of drug-likeness (QED) is 0.130. The van der Waals surface area contributed by atoms with E-state index in [2.05, 4.69) is 6.92 Å². The van der Waals surface area contributed by atoms with Crippen molar-refractivity contribution in [3.63, 3.8) is 0 Å². The van der Waals surface area contributed by atoms with E-state index in [-0.39, 0.29) is 72.5 Å². The van der Waals surface area contributed by atoms with E-state index in [1.54, 1.807) is 6.92 Å². The summed E-state index contributed by atoms with van der Waals surface area (Å²) in [7, 11) is 0. The third kappa shape index (κ3) is 5.40. The molecule has 18 unspecified atom stereocenters. The molecule has 3 N–H and O–H groups in total. The minimum atomic E-state index is -1.21. The standard InChI is InChI=1S/C38H52O12/c1-14-16-9-18(21(10-16)36(46)50-38(3,4)5)24(14)26-17-11-19(20(12-17)35(45)48-8-6-7-39)27(26)29-23-13-22(30(32(40)41)31(23)33(42)43)28(29)25-15(2)34(44)49-37(25)47/h14-31,39H,6-13H2,1-5H3,(H,40,41)(H,42,43). The molecule has 0 amide bonds. The summed E-state index contributed by atoms with van der Waals surface area (Å²) in [5, 5.41) is 30.2. The van der Waals surface area contributed by atoms with Gasteiger partial charge in [0.05, 0.1) is 42.1 Å². The molecule has 18 atom stereocenters. The molecule has 6 aliphatic carbocycles. The zero-order valence-electron chi connectivity index (χ0n) is 29.6. The molecule has 276 valence electrons. The van der Waals surface area contributed by atoms with Crippen LogP contribution in [0.1, 0.15) is 73.1 Å². The minimum absolute atomic E-state index is 0.0183. The summed E-state index contributed by atoms with van der Waals surface area (Å²) in [4.78, 5) is 79.2. The molecule has 7 aliphatic rings. The Balaban J connectivity index is 1.31. The van der Waals surface area contributed by atoms with E-state index >= 15 is 0 Å². The molecule has 0 aromatic heterocycles. The number of hydrogen-bond donors (Lipinski definition) is 3. The maximum absolute atomic E-state index is 13.7. The molecule has 6 bridgehead atoms. The Morgan fingerprint density at radius 3 is 1.84 bits per heavy atom. The lowest BCUT2D eigenvalue weighted by Gasteiger charge is -2.51. The number of aliphatic hydroxyl groups excluding tert-OH is 1. The zero-order chi connectivity index (χ0) is 36.1. The first-order valence-electron chi connectivity index (χ1n) is 18.8. The monoisotopic (exact) mass is 700 g/mol. The van der Waals surface area contributed by atoms with Gasteiger partial charge in [-0.05, 0) is 124 Å². The first-order chi connectivity index (χ1) is 23.5. The lowest BCUT2D eigenvalue weighted by molar-refractivity contribution is -0.168. The summed E-state index contributed by atoms with van der Waals surface area (Å²) in [5.41, 5.74) is -0.633. The lowest BCUT2D eigenvalue weighted by atomic mass is 9.51. The first kappa shape index (κ1) is 35.4. The van der Waals surface area contributed by atoms with Crippen LogP contribution in [0.4, 0.5) is 0 Å². The van der Waals surface area contributed by atoms with Crippen LogP contribution in [0.5, 0.6) is 0 Å². The molecule has 6 saturated carbocycles. The van der Waals surface area contributed by atoms with Crippen LogP contribution in [0.2, 0.25) is 0 Å². The second kappa shape index (κ2) is 12.6. The van der Waals surface area contributed by atoms with Gasteiger partial charge in [0.25, 0.3) is 0 Å². The predicted molar refractivity (Wildman–Crippen MR) is 172 cm³/mol. The topological polar surface area (TPSA) is 191 Å². The van der Waals surface area contributed by atoms with Crippen LogP contribution in [-0.2, 0) is 43.0 Å². The van der Waals surface area contributed by atoms with Crippen LogP contribution in [0.3, 0.4) is 0 Å². The Morgan fingerprint density at radius 1 is 0.720 bits per heavy atom. The molecule has 7 rings (SSSR count). The Hall–Kier alpha value is -3.02. The van der Waals surface area contributed by atoms with Crippen molar-refractivity contribution in [2.75, 3.05) is 13.2 Å². The van der Waals surface area contributed by atoms with Crippen molar-refractivity contribution >= 4 is 35.8 Å². The average Bonchev–Trinajstić information content (AvgIpc) is 3.88.